The fraction of sp³-hybridized carbons (Fsp3) is 0.933. The largest absolute Gasteiger partial charge is 0.340 e. The predicted octanol–water partition coefficient (Wildman–Crippen LogP) is 2.95. The Hall–Kier alpha value is -0.640. The van der Waals surface area contributed by atoms with Gasteiger partial charge >= 0.3 is 0 Å². The number of hydrogen-bond donors (Lipinski definition) is 0. The van der Waals surface area contributed by atoms with Crippen molar-refractivity contribution < 1.29 is 9.18 Å². The Kier molecular flexibility index (Phi) is 8.98. The first-order chi connectivity index (χ1) is 8.95. The highest BCUT2D eigenvalue weighted by Crippen LogP contribution is 2.15. The highest BCUT2D eigenvalue weighted by atomic mass is 19.1. The van der Waals surface area contributed by atoms with E-state index in [-0.39, 0.29) is 18.6 Å². The minimum Gasteiger partial charge on any atom is -0.340 e. The molecular formula is C15H31FN2O. The normalized spacial score (nSPS) is 20.5. The molecule has 19 heavy (non-hydrogen) atoms. The minimum atomic E-state index is -0.371. The van der Waals surface area contributed by atoms with Crippen LogP contribution < -0.4 is 0 Å². The monoisotopic (exact) mass is 274 g/mol. The average molecular weight is 274 g/mol. The maximum absolute atomic E-state index is 13.0. The number of rotatable bonds is 4. The number of carbonyl (C=O) groups is 1. The molecule has 0 radical (unpaired) electrons. The Morgan fingerprint density at radius 3 is 2.21 bits per heavy atom. The average Bonchev–Trinajstić information content (AvgIpc) is 2.39. The first-order valence-electron chi connectivity index (χ1n) is 7.55. The van der Waals surface area contributed by atoms with Crippen LogP contribution >= 0.6 is 0 Å². The van der Waals surface area contributed by atoms with Gasteiger partial charge in [-0.3, -0.25) is 9.69 Å². The molecule has 1 amide bonds. The zero-order valence-electron chi connectivity index (χ0n) is 13.4. The van der Waals surface area contributed by atoms with Gasteiger partial charge in [0.05, 0.1) is 6.04 Å². The second kappa shape index (κ2) is 9.29. The summed E-state index contributed by atoms with van der Waals surface area (Å²) < 4.78 is 13.0. The summed E-state index contributed by atoms with van der Waals surface area (Å²) >= 11 is 0. The van der Waals surface area contributed by atoms with Crippen LogP contribution in [0, 0.1) is 5.92 Å². The summed E-state index contributed by atoms with van der Waals surface area (Å²) in [6, 6.07) is 0.220. The van der Waals surface area contributed by atoms with E-state index in [0.717, 1.165) is 13.1 Å². The minimum absolute atomic E-state index is 0.125. The van der Waals surface area contributed by atoms with E-state index in [1.807, 2.05) is 32.6 Å². The van der Waals surface area contributed by atoms with Crippen molar-refractivity contribution in [3.8, 4) is 0 Å². The first-order valence-corrected chi connectivity index (χ1v) is 7.55. The van der Waals surface area contributed by atoms with Gasteiger partial charge in [0.2, 0.25) is 5.91 Å². The molecule has 1 unspecified atom stereocenters. The lowest BCUT2D eigenvalue weighted by atomic mass is 10.1. The lowest BCUT2D eigenvalue weighted by Crippen LogP contribution is -2.57. The molecule has 0 spiro atoms. The van der Waals surface area contributed by atoms with Gasteiger partial charge in [0, 0.05) is 32.1 Å². The summed E-state index contributed by atoms with van der Waals surface area (Å²) in [5.74, 6) is 0.538. The van der Waals surface area contributed by atoms with Crippen molar-refractivity contribution in [3.63, 3.8) is 0 Å². The third kappa shape index (κ3) is 5.89. The summed E-state index contributed by atoms with van der Waals surface area (Å²) in [5.41, 5.74) is 0. The van der Waals surface area contributed by atoms with E-state index < -0.39 is 0 Å². The van der Waals surface area contributed by atoms with Crippen LogP contribution in [0.5, 0.6) is 0 Å². The number of halogens is 1. The van der Waals surface area contributed by atoms with Gasteiger partial charge in [0.15, 0.2) is 0 Å². The van der Waals surface area contributed by atoms with Crippen LogP contribution in [0.15, 0.2) is 0 Å². The van der Waals surface area contributed by atoms with Gasteiger partial charge in [0.25, 0.3) is 0 Å². The Bertz CT molecular complexity index is 257. The molecule has 0 aliphatic carbocycles. The first kappa shape index (κ1) is 18.4. The Morgan fingerprint density at radius 1 is 1.21 bits per heavy atom. The van der Waals surface area contributed by atoms with E-state index in [0.29, 0.717) is 24.9 Å². The van der Waals surface area contributed by atoms with Crippen LogP contribution in [-0.2, 0) is 4.79 Å². The zero-order chi connectivity index (χ0) is 15.0. The summed E-state index contributed by atoms with van der Waals surface area (Å²) in [6.45, 7) is 13.9. The Labute approximate surface area is 118 Å². The van der Waals surface area contributed by atoms with E-state index in [1.54, 1.807) is 0 Å². The summed E-state index contributed by atoms with van der Waals surface area (Å²) in [6.07, 6.45) is 0.570. The Morgan fingerprint density at radius 2 is 1.79 bits per heavy atom. The summed E-state index contributed by atoms with van der Waals surface area (Å²) in [7, 11) is 0. The highest BCUT2D eigenvalue weighted by Gasteiger charge is 2.30. The quantitative estimate of drug-likeness (QED) is 0.787. The van der Waals surface area contributed by atoms with Crippen LogP contribution in [0.4, 0.5) is 4.39 Å². The smallest absolute Gasteiger partial charge is 0.222 e. The molecule has 3 nitrogen and oxygen atoms in total. The van der Waals surface area contributed by atoms with Gasteiger partial charge in [-0.25, -0.2) is 4.39 Å². The van der Waals surface area contributed by atoms with Crippen LogP contribution in [0.1, 0.15) is 48.0 Å². The van der Waals surface area contributed by atoms with E-state index >= 15 is 0 Å². The van der Waals surface area contributed by atoms with Crippen LogP contribution in [0.3, 0.4) is 0 Å². The highest BCUT2D eigenvalue weighted by molar-refractivity contribution is 5.76. The second-order valence-corrected chi connectivity index (χ2v) is 5.58. The van der Waals surface area contributed by atoms with Gasteiger partial charge in [0.1, 0.15) is 6.67 Å². The van der Waals surface area contributed by atoms with Gasteiger partial charge < -0.3 is 4.90 Å². The van der Waals surface area contributed by atoms with Crippen molar-refractivity contribution in [2.75, 3.05) is 26.3 Å². The van der Waals surface area contributed by atoms with Crippen molar-refractivity contribution in [2.24, 2.45) is 5.92 Å². The number of hydrogen-bond acceptors (Lipinski definition) is 2. The lowest BCUT2D eigenvalue weighted by molar-refractivity contribution is -0.135. The fourth-order valence-electron chi connectivity index (χ4n) is 2.39. The van der Waals surface area contributed by atoms with Crippen molar-refractivity contribution in [1.82, 2.24) is 9.80 Å². The molecule has 1 rings (SSSR count). The molecule has 1 saturated heterocycles. The third-order valence-corrected chi connectivity index (χ3v) is 3.31. The standard InChI is InChI=1S/C13H25FN2O.C2H6/c1-10(2)7-13(17)15-5-6-16(11(3)4)12(8-14)9-15;1-2/h10-12H,5-9H2,1-4H3;1-2H3. The van der Waals surface area contributed by atoms with E-state index in [2.05, 4.69) is 18.7 Å². The molecule has 1 fully saturated rings. The molecule has 114 valence electrons. The molecule has 1 aliphatic rings. The Balaban J connectivity index is 0.00000154. The molecule has 0 saturated carbocycles. The fourth-order valence-corrected chi connectivity index (χ4v) is 2.39. The van der Waals surface area contributed by atoms with Gasteiger partial charge in [-0.2, -0.15) is 0 Å². The molecule has 0 N–H and O–H groups in total. The van der Waals surface area contributed by atoms with Crippen LogP contribution in [0.25, 0.3) is 0 Å². The van der Waals surface area contributed by atoms with Gasteiger partial charge in [-0.15, -0.1) is 0 Å². The lowest BCUT2D eigenvalue weighted by Gasteiger charge is -2.42. The summed E-state index contributed by atoms with van der Waals surface area (Å²) in [5, 5.41) is 0. The molecule has 0 aromatic carbocycles. The molecular weight excluding hydrogens is 243 g/mol. The topological polar surface area (TPSA) is 23.6 Å². The number of nitrogens with zero attached hydrogens (tertiary/aromatic N) is 2. The number of piperazine rings is 1. The van der Waals surface area contributed by atoms with Gasteiger partial charge in [-0.05, 0) is 19.8 Å². The maximum Gasteiger partial charge on any atom is 0.222 e. The molecule has 0 aromatic heterocycles. The van der Waals surface area contributed by atoms with E-state index in [1.165, 1.54) is 0 Å². The van der Waals surface area contributed by atoms with Crippen LogP contribution in [0.2, 0.25) is 0 Å². The summed E-state index contributed by atoms with van der Waals surface area (Å²) in [4.78, 5) is 15.9. The molecule has 4 heteroatoms. The predicted molar refractivity (Wildman–Crippen MR) is 79.0 cm³/mol. The van der Waals surface area contributed by atoms with Crippen molar-refractivity contribution >= 4 is 5.91 Å². The molecule has 1 aliphatic heterocycles. The van der Waals surface area contributed by atoms with Gasteiger partial charge in [-0.1, -0.05) is 27.7 Å². The van der Waals surface area contributed by atoms with E-state index in [9.17, 15) is 9.18 Å². The van der Waals surface area contributed by atoms with E-state index in [4.69, 9.17) is 0 Å². The SMILES string of the molecule is CC.CC(C)CC(=O)N1CCN(C(C)C)C(CF)C1. The number of carbonyl (C=O) groups excluding carboxylic acids is 1. The number of alkyl halides is 1. The van der Waals surface area contributed by atoms with Crippen molar-refractivity contribution in [3.05, 3.63) is 0 Å². The molecule has 0 bridgehead atoms. The maximum atomic E-state index is 13.0. The molecule has 1 atom stereocenters. The number of amides is 1. The van der Waals surface area contributed by atoms with Crippen molar-refractivity contribution in [2.45, 2.75) is 60.0 Å². The zero-order valence-corrected chi connectivity index (χ0v) is 13.4. The second-order valence-electron chi connectivity index (χ2n) is 5.58. The third-order valence-electron chi connectivity index (χ3n) is 3.31. The van der Waals surface area contributed by atoms with Crippen molar-refractivity contribution in [1.29, 1.82) is 0 Å². The molecule has 0 aromatic rings. The molecule has 1 heterocycles. The van der Waals surface area contributed by atoms with Crippen LogP contribution in [-0.4, -0.2) is 54.1 Å².